The van der Waals surface area contributed by atoms with Crippen LogP contribution in [0.1, 0.15) is 0 Å². The van der Waals surface area contributed by atoms with Crippen LogP contribution in [0.2, 0.25) is 0 Å². The van der Waals surface area contributed by atoms with Crippen LogP contribution in [0.4, 0.5) is 0 Å². The van der Waals surface area contributed by atoms with Crippen molar-refractivity contribution in [3.05, 3.63) is 182 Å². The third-order valence-corrected chi connectivity index (χ3v) is 10.2. The van der Waals surface area contributed by atoms with Gasteiger partial charge < -0.3 is 0 Å². The summed E-state index contributed by atoms with van der Waals surface area (Å²) >= 11 is 0. The van der Waals surface area contributed by atoms with Crippen molar-refractivity contribution in [3.8, 4) is 33.4 Å². The Morgan fingerprint density at radius 2 is 0.646 bits per heavy atom. The highest BCUT2D eigenvalue weighted by Gasteiger charge is 2.21. The van der Waals surface area contributed by atoms with Crippen LogP contribution >= 0.6 is 0 Å². The molecule has 0 nitrogen and oxygen atoms in total. The van der Waals surface area contributed by atoms with Gasteiger partial charge in [0.25, 0.3) is 0 Å². The quantitative estimate of drug-likeness (QED) is 0.139. The second-order valence-corrected chi connectivity index (χ2v) is 12.8. The Hall–Kier alpha value is -6.24. The zero-order valence-electron chi connectivity index (χ0n) is 26.3. The molecule has 0 heterocycles. The smallest absolute Gasteiger partial charge is 0.00199 e. The van der Waals surface area contributed by atoms with E-state index in [4.69, 9.17) is 0 Å². The molecule has 10 aromatic rings. The van der Waals surface area contributed by atoms with Crippen molar-refractivity contribution in [2.45, 2.75) is 0 Å². The highest BCUT2D eigenvalue weighted by atomic mass is 14.2. The Morgan fingerprint density at radius 1 is 0.208 bits per heavy atom. The zero-order valence-corrected chi connectivity index (χ0v) is 26.3. The molecule has 48 heavy (non-hydrogen) atoms. The molecule has 0 fully saturated rings. The van der Waals surface area contributed by atoms with Crippen LogP contribution < -0.4 is 0 Å². The van der Waals surface area contributed by atoms with Crippen molar-refractivity contribution in [2.24, 2.45) is 0 Å². The first-order valence-corrected chi connectivity index (χ1v) is 16.7. The molecule has 10 rings (SSSR count). The molecular formula is C48H30. The Morgan fingerprint density at radius 3 is 1.23 bits per heavy atom. The van der Waals surface area contributed by atoms with Crippen LogP contribution in [0.15, 0.2) is 182 Å². The van der Waals surface area contributed by atoms with E-state index in [1.54, 1.807) is 0 Å². The van der Waals surface area contributed by atoms with Crippen LogP contribution in [0.25, 0.3) is 98.0 Å². The van der Waals surface area contributed by atoms with E-state index in [-0.39, 0.29) is 0 Å². The third-order valence-electron chi connectivity index (χ3n) is 10.2. The van der Waals surface area contributed by atoms with Crippen molar-refractivity contribution < 1.29 is 0 Å². The normalized spacial score (nSPS) is 11.8. The first kappa shape index (κ1) is 26.9. The number of benzene rings is 10. The summed E-state index contributed by atoms with van der Waals surface area (Å²) in [6.07, 6.45) is 0. The molecule has 0 aliphatic carbocycles. The van der Waals surface area contributed by atoms with Crippen LogP contribution in [0, 0.1) is 0 Å². The van der Waals surface area contributed by atoms with E-state index in [0.29, 0.717) is 0 Å². The monoisotopic (exact) mass is 606 g/mol. The van der Waals surface area contributed by atoms with Gasteiger partial charge in [0, 0.05) is 0 Å². The van der Waals surface area contributed by atoms with Gasteiger partial charge in [0.2, 0.25) is 0 Å². The number of rotatable bonds is 3. The Bertz CT molecular complexity index is 2870. The highest BCUT2D eigenvalue weighted by molar-refractivity contribution is 6.29. The number of fused-ring (bicyclic) bond motifs is 7. The molecule has 0 unspecified atom stereocenters. The van der Waals surface area contributed by atoms with E-state index in [9.17, 15) is 0 Å². The summed E-state index contributed by atoms with van der Waals surface area (Å²) in [5, 5.41) is 15.2. The van der Waals surface area contributed by atoms with Gasteiger partial charge in [0.05, 0.1) is 0 Å². The molecule has 0 N–H and O–H groups in total. The maximum absolute atomic E-state index is 2.50. The maximum Gasteiger partial charge on any atom is -0.00199 e. The predicted octanol–water partition coefficient (Wildman–Crippen LogP) is 13.6. The van der Waals surface area contributed by atoms with Gasteiger partial charge in [-0.2, -0.15) is 0 Å². The van der Waals surface area contributed by atoms with Crippen molar-refractivity contribution in [2.75, 3.05) is 0 Å². The number of hydrogen-bond acceptors (Lipinski definition) is 0. The van der Waals surface area contributed by atoms with Crippen LogP contribution in [0.5, 0.6) is 0 Å². The molecule has 0 amide bonds. The molecule has 0 aliphatic heterocycles. The summed E-state index contributed by atoms with van der Waals surface area (Å²) in [6.45, 7) is 0. The summed E-state index contributed by atoms with van der Waals surface area (Å²) in [5.74, 6) is 0. The first-order chi connectivity index (χ1) is 23.8. The summed E-state index contributed by atoms with van der Waals surface area (Å²) in [7, 11) is 0. The molecule has 0 spiro atoms. The molecule has 0 aromatic heterocycles. The SMILES string of the molecule is c1ccc(-c2cc3ccccc3c3cc4c(-c5cccc6ccccc56)c5ccccc5c(-c5cccc6ccccc56)c4cc23)cc1. The van der Waals surface area contributed by atoms with Crippen molar-refractivity contribution in [1.82, 2.24) is 0 Å². The standard InChI is InChI=1S/C48H30/c1-2-14-33(15-3-1)42-28-34-18-6-9-23-37(34)43-29-45-46(30-44(42)43)48(39-27-13-20-32-17-5-8-22-36(32)39)41-25-11-10-24-40(41)47(45)38-26-12-19-31-16-4-7-21-35(31)38/h1-30H. The predicted molar refractivity (Wildman–Crippen MR) is 208 cm³/mol. The van der Waals surface area contributed by atoms with Gasteiger partial charge in [-0.15, -0.1) is 0 Å². The van der Waals surface area contributed by atoms with Gasteiger partial charge in [0.15, 0.2) is 0 Å². The van der Waals surface area contributed by atoms with Crippen molar-refractivity contribution in [3.63, 3.8) is 0 Å². The summed E-state index contributed by atoms with van der Waals surface area (Å²) in [6, 6.07) is 67.2. The Balaban J connectivity index is 1.48. The molecule has 222 valence electrons. The lowest BCUT2D eigenvalue weighted by atomic mass is 9.81. The van der Waals surface area contributed by atoms with Crippen molar-refractivity contribution in [1.29, 1.82) is 0 Å². The minimum Gasteiger partial charge on any atom is -0.0622 e. The van der Waals surface area contributed by atoms with E-state index in [2.05, 4.69) is 182 Å². The van der Waals surface area contributed by atoms with E-state index < -0.39 is 0 Å². The average Bonchev–Trinajstić information content (AvgIpc) is 3.16. The molecule has 0 aliphatic rings. The molecule has 0 heteroatoms. The Labute approximate surface area is 279 Å². The third kappa shape index (κ3) is 4.03. The second kappa shape index (κ2) is 10.7. The minimum atomic E-state index is 1.23. The molecule has 10 aromatic carbocycles. The average molecular weight is 607 g/mol. The van der Waals surface area contributed by atoms with Gasteiger partial charge >= 0.3 is 0 Å². The molecule has 0 saturated heterocycles. The zero-order chi connectivity index (χ0) is 31.6. The topological polar surface area (TPSA) is 0 Å². The van der Waals surface area contributed by atoms with E-state index in [1.165, 1.54) is 98.0 Å². The maximum atomic E-state index is 2.50. The van der Waals surface area contributed by atoms with Gasteiger partial charge in [-0.3, -0.25) is 0 Å². The first-order valence-electron chi connectivity index (χ1n) is 16.7. The summed E-state index contributed by atoms with van der Waals surface area (Å²) in [4.78, 5) is 0. The van der Waals surface area contributed by atoms with Gasteiger partial charge in [-0.1, -0.05) is 164 Å². The van der Waals surface area contributed by atoms with Crippen LogP contribution in [-0.2, 0) is 0 Å². The fourth-order valence-corrected chi connectivity index (χ4v) is 8.09. The lowest BCUT2D eigenvalue weighted by Crippen LogP contribution is -1.94. The molecule has 0 atom stereocenters. The van der Waals surface area contributed by atoms with E-state index in [0.717, 1.165) is 0 Å². The summed E-state index contributed by atoms with van der Waals surface area (Å²) < 4.78 is 0. The van der Waals surface area contributed by atoms with Crippen molar-refractivity contribution >= 4 is 64.6 Å². The lowest BCUT2D eigenvalue weighted by Gasteiger charge is -2.21. The highest BCUT2D eigenvalue weighted by Crippen LogP contribution is 2.49. The fourth-order valence-electron chi connectivity index (χ4n) is 8.09. The number of hydrogen-bond donors (Lipinski definition) is 0. The second-order valence-electron chi connectivity index (χ2n) is 12.8. The van der Waals surface area contributed by atoms with Gasteiger partial charge in [-0.25, -0.2) is 0 Å². The molecule has 0 bridgehead atoms. The minimum absolute atomic E-state index is 1.23. The lowest BCUT2D eigenvalue weighted by molar-refractivity contribution is 1.67. The summed E-state index contributed by atoms with van der Waals surface area (Å²) in [5.41, 5.74) is 7.60. The largest absolute Gasteiger partial charge is 0.0622 e. The van der Waals surface area contributed by atoms with E-state index in [1.807, 2.05) is 0 Å². The Kier molecular flexibility index (Phi) is 5.98. The van der Waals surface area contributed by atoms with E-state index >= 15 is 0 Å². The molecule has 0 saturated carbocycles. The molecular weight excluding hydrogens is 577 g/mol. The fraction of sp³-hybridized carbons (Fsp3) is 0. The van der Waals surface area contributed by atoms with Gasteiger partial charge in [-0.05, 0) is 116 Å². The molecule has 0 radical (unpaired) electrons. The van der Waals surface area contributed by atoms with Crippen LogP contribution in [0.3, 0.4) is 0 Å². The van der Waals surface area contributed by atoms with Crippen LogP contribution in [-0.4, -0.2) is 0 Å². The van der Waals surface area contributed by atoms with Gasteiger partial charge in [0.1, 0.15) is 0 Å².